The standard InChI is InChI=1S/C20H32N4O/c1-5-21-20(22-13-11-19(25)23(3)4)24-14-12-18(16(2)15-24)17-9-7-6-8-10-17/h6-10,16,18H,5,11-15H2,1-4H3,(H,21,22). The van der Waals surface area contributed by atoms with Crippen molar-refractivity contribution in [2.45, 2.75) is 32.6 Å². The summed E-state index contributed by atoms with van der Waals surface area (Å²) in [5, 5.41) is 3.38. The summed E-state index contributed by atoms with van der Waals surface area (Å²) in [5.41, 5.74) is 1.44. The molecule has 1 aromatic rings. The molecule has 1 aliphatic rings. The van der Waals surface area contributed by atoms with Crippen molar-refractivity contribution in [3.8, 4) is 0 Å². The topological polar surface area (TPSA) is 47.9 Å². The van der Waals surface area contributed by atoms with E-state index in [0.717, 1.165) is 32.0 Å². The summed E-state index contributed by atoms with van der Waals surface area (Å²) in [4.78, 5) is 20.4. The molecule has 0 saturated carbocycles. The molecule has 0 radical (unpaired) electrons. The van der Waals surface area contributed by atoms with Crippen molar-refractivity contribution < 1.29 is 4.79 Å². The highest BCUT2D eigenvalue weighted by molar-refractivity contribution is 5.81. The molecule has 1 saturated heterocycles. The second-order valence-electron chi connectivity index (χ2n) is 7.00. The molecule has 5 heteroatoms. The molecule has 2 atom stereocenters. The lowest BCUT2D eigenvalue weighted by atomic mass is 9.82. The van der Waals surface area contributed by atoms with Crippen molar-refractivity contribution in [1.82, 2.24) is 15.1 Å². The summed E-state index contributed by atoms with van der Waals surface area (Å²) in [6.45, 7) is 7.77. The number of amides is 1. The van der Waals surface area contributed by atoms with Crippen LogP contribution in [0, 0.1) is 5.92 Å². The maximum atomic E-state index is 11.7. The molecular weight excluding hydrogens is 312 g/mol. The van der Waals surface area contributed by atoms with Crippen LogP contribution in [0.25, 0.3) is 0 Å². The zero-order valence-electron chi connectivity index (χ0n) is 16.0. The van der Waals surface area contributed by atoms with Gasteiger partial charge >= 0.3 is 0 Å². The van der Waals surface area contributed by atoms with E-state index in [9.17, 15) is 4.79 Å². The Bertz CT molecular complexity index is 570. The first kappa shape index (κ1) is 19.3. The van der Waals surface area contributed by atoms with Crippen LogP contribution in [0.15, 0.2) is 35.3 Å². The third-order valence-corrected chi connectivity index (χ3v) is 4.85. The molecule has 0 spiro atoms. The molecule has 0 bridgehead atoms. The van der Waals surface area contributed by atoms with Crippen LogP contribution in [0.3, 0.4) is 0 Å². The molecule has 25 heavy (non-hydrogen) atoms. The third-order valence-electron chi connectivity index (χ3n) is 4.85. The molecule has 0 aliphatic carbocycles. The lowest BCUT2D eigenvalue weighted by Crippen LogP contribution is -2.48. The fourth-order valence-corrected chi connectivity index (χ4v) is 3.44. The molecule has 1 fully saturated rings. The van der Waals surface area contributed by atoms with Gasteiger partial charge in [0.25, 0.3) is 0 Å². The minimum Gasteiger partial charge on any atom is -0.357 e. The molecule has 1 heterocycles. The van der Waals surface area contributed by atoms with Gasteiger partial charge in [-0.2, -0.15) is 0 Å². The van der Waals surface area contributed by atoms with E-state index in [1.54, 1.807) is 19.0 Å². The van der Waals surface area contributed by atoms with E-state index in [-0.39, 0.29) is 5.91 Å². The Labute approximate surface area is 152 Å². The lowest BCUT2D eigenvalue weighted by molar-refractivity contribution is -0.128. The van der Waals surface area contributed by atoms with E-state index in [2.05, 4.69) is 59.4 Å². The normalized spacial score (nSPS) is 21.1. The van der Waals surface area contributed by atoms with Gasteiger partial charge in [-0.05, 0) is 30.7 Å². The number of nitrogens with one attached hydrogen (secondary N) is 1. The average molecular weight is 345 g/mol. The maximum absolute atomic E-state index is 11.7. The number of aliphatic imine (C=N–C) groups is 1. The van der Waals surface area contributed by atoms with E-state index in [0.29, 0.717) is 24.8 Å². The minimum atomic E-state index is 0.121. The van der Waals surface area contributed by atoms with Crippen molar-refractivity contribution in [3.63, 3.8) is 0 Å². The number of hydrogen-bond donors (Lipinski definition) is 1. The van der Waals surface area contributed by atoms with Crippen LogP contribution in [0.1, 0.15) is 38.2 Å². The highest BCUT2D eigenvalue weighted by Crippen LogP contribution is 2.32. The Morgan fingerprint density at radius 1 is 1.32 bits per heavy atom. The smallest absolute Gasteiger partial charge is 0.223 e. The summed E-state index contributed by atoms with van der Waals surface area (Å²) in [6, 6.07) is 10.8. The molecule has 2 unspecified atom stereocenters. The summed E-state index contributed by atoms with van der Waals surface area (Å²) >= 11 is 0. The van der Waals surface area contributed by atoms with Crippen molar-refractivity contribution >= 4 is 11.9 Å². The Morgan fingerprint density at radius 3 is 2.64 bits per heavy atom. The van der Waals surface area contributed by atoms with Crippen LogP contribution in [-0.4, -0.2) is 61.9 Å². The fraction of sp³-hybridized carbons (Fsp3) is 0.600. The monoisotopic (exact) mass is 344 g/mol. The van der Waals surface area contributed by atoms with Gasteiger partial charge in [0.15, 0.2) is 5.96 Å². The SMILES string of the molecule is CCNC(=NCCC(=O)N(C)C)N1CCC(c2ccccc2)C(C)C1. The summed E-state index contributed by atoms with van der Waals surface area (Å²) in [6.07, 6.45) is 1.59. The number of hydrogen-bond acceptors (Lipinski definition) is 2. The lowest BCUT2D eigenvalue weighted by Gasteiger charge is -2.39. The largest absolute Gasteiger partial charge is 0.357 e. The van der Waals surface area contributed by atoms with Crippen molar-refractivity contribution in [2.24, 2.45) is 10.9 Å². The van der Waals surface area contributed by atoms with Gasteiger partial charge in [0.1, 0.15) is 0 Å². The first-order valence-electron chi connectivity index (χ1n) is 9.31. The van der Waals surface area contributed by atoms with Gasteiger partial charge in [-0.25, -0.2) is 0 Å². The van der Waals surface area contributed by atoms with Gasteiger partial charge in [0, 0.05) is 40.2 Å². The molecule has 1 N–H and O–H groups in total. The van der Waals surface area contributed by atoms with E-state index < -0.39 is 0 Å². The van der Waals surface area contributed by atoms with E-state index in [1.165, 1.54) is 5.56 Å². The van der Waals surface area contributed by atoms with Crippen molar-refractivity contribution in [2.75, 3.05) is 40.3 Å². The van der Waals surface area contributed by atoms with Crippen LogP contribution in [0.2, 0.25) is 0 Å². The first-order chi connectivity index (χ1) is 12.0. The van der Waals surface area contributed by atoms with Crippen LogP contribution in [0.5, 0.6) is 0 Å². The number of carbonyl (C=O) groups is 1. The Morgan fingerprint density at radius 2 is 2.04 bits per heavy atom. The number of rotatable bonds is 5. The Hall–Kier alpha value is -2.04. The number of nitrogens with zero attached hydrogens (tertiary/aromatic N) is 3. The zero-order chi connectivity index (χ0) is 18.2. The summed E-state index contributed by atoms with van der Waals surface area (Å²) < 4.78 is 0. The molecule has 1 aromatic carbocycles. The van der Waals surface area contributed by atoms with E-state index in [4.69, 9.17) is 0 Å². The minimum absolute atomic E-state index is 0.121. The van der Waals surface area contributed by atoms with Gasteiger partial charge in [-0.3, -0.25) is 9.79 Å². The molecule has 1 aliphatic heterocycles. The number of guanidine groups is 1. The number of piperidine rings is 1. The molecule has 5 nitrogen and oxygen atoms in total. The summed E-state index contributed by atoms with van der Waals surface area (Å²) in [5.74, 6) is 2.24. The second kappa shape index (κ2) is 9.44. The number of carbonyl (C=O) groups excluding carboxylic acids is 1. The molecular formula is C20H32N4O. The Kier molecular flexibility index (Phi) is 7.29. The third kappa shape index (κ3) is 5.48. The molecule has 0 aromatic heterocycles. The fourth-order valence-electron chi connectivity index (χ4n) is 3.44. The zero-order valence-corrected chi connectivity index (χ0v) is 16.0. The number of likely N-dealkylation sites (tertiary alicyclic amines) is 1. The van der Waals surface area contributed by atoms with Crippen LogP contribution in [-0.2, 0) is 4.79 Å². The second-order valence-corrected chi connectivity index (χ2v) is 7.00. The van der Waals surface area contributed by atoms with E-state index >= 15 is 0 Å². The molecule has 138 valence electrons. The Balaban J connectivity index is 1.97. The number of benzene rings is 1. The highest BCUT2D eigenvalue weighted by atomic mass is 16.2. The molecule has 2 rings (SSSR count). The van der Waals surface area contributed by atoms with Gasteiger partial charge in [0.05, 0.1) is 6.54 Å². The average Bonchev–Trinajstić information content (AvgIpc) is 2.61. The maximum Gasteiger partial charge on any atom is 0.223 e. The predicted octanol–water partition coefficient (Wildman–Crippen LogP) is 2.56. The summed E-state index contributed by atoms with van der Waals surface area (Å²) in [7, 11) is 3.57. The van der Waals surface area contributed by atoms with Gasteiger partial charge in [-0.15, -0.1) is 0 Å². The van der Waals surface area contributed by atoms with Crippen LogP contribution >= 0.6 is 0 Å². The quantitative estimate of drug-likeness (QED) is 0.660. The van der Waals surface area contributed by atoms with Crippen LogP contribution < -0.4 is 5.32 Å². The van der Waals surface area contributed by atoms with E-state index in [1.807, 2.05) is 0 Å². The van der Waals surface area contributed by atoms with Crippen LogP contribution in [0.4, 0.5) is 0 Å². The predicted molar refractivity (Wildman–Crippen MR) is 104 cm³/mol. The van der Waals surface area contributed by atoms with Gasteiger partial charge in [0.2, 0.25) is 5.91 Å². The van der Waals surface area contributed by atoms with Crippen molar-refractivity contribution in [1.29, 1.82) is 0 Å². The highest BCUT2D eigenvalue weighted by Gasteiger charge is 2.28. The van der Waals surface area contributed by atoms with Gasteiger partial charge < -0.3 is 15.1 Å². The first-order valence-corrected chi connectivity index (χ1v) is 9.31. The molecule has 1 amide bonds. The van der Waals surface area contributed by atoms with Gasteiger partial charge in [-0.1, -0.05) is 37.3 Å². The van der Waals surface area contributed by atoms with Crippen molar-refractivity contribution in [3.05, 3.63) is 35.9 Å².